The van der Waals surface area contributed by atoms with Crippen LogP contribution in [0.4, 0.5) is 20.4 Å². The monoisotopic (exact) mass is 463 g/mol. The van der Waals surface area contributed by atoms with Gasteiger partial charge in [0.2, 0.25) is 11.9 Å². The van der Waals surface area contributed by atoms with Crippen LogP contribution >= 0.6 is 23.4 Å². The summed E-state index contributed by atoms with van der Waals surface area (Å²) in [6.07, 6.45) is 2.13. The van der Waals surface area contributed by atoms with E-state index in [-0.39, 0.29) is 0 Å². The number of hydrogen-bond donors (Lipinski definition) is 1. The molecule has 0 aliphatic carbocycles. The van der Waals surface area contributed by atoms with E-state index in [9.17, 15) is 13.6 Å². The SMILES string of the molecule is CC(Sc1nnc(N2CCCC2)n1-c1cccc(Cl)c1)C(=O)Nc1c(F)cccc1F. The summed E-state index contributed by atoms with van der Waals surface area (Å²) in [5, 5.41) is 11.3. The largest absolute Gasteiger partial charge is 0.341 e. The summed E-state index contributed by atoms with van der Waals surface area (Å²) in [6.45, 7) is 3.38. The van der Waals surface area contributed by atoms with E-state index in [0.29, 0.717) is 16.1 Å². The highest BCUT2D eigenvalue weighted by molar-refractivity contribution is 8.00. The number of nitrogens with one attached hydrogen (secondary N) is 1. The first-order valence-electron chi connectivity index (χ1n) is 9.82. The van der Waals surface area contributed by atoms with E-state index in [1.807, 2.05) is 16.7 Å². The van der Waals surface area contributed by atoms with Crippen LogP contribution in [0.15, 0.2) is 47.6 Å². The molecular weight excluding hydrogens is 444 g/mol. The molecule has 4 rings (SSSR count). The predicted molar refractivity (Wildman–Crippen MR) is 118 cm³/mol. The number of rotatable bonds is 6. The van der Waals surface area contributed by atoms with E-state index < -0.39 is 28.5 Å². The van der Waals surface area contributed by atoms with E-state index in [4.69, 9.17) is 11.6 Å². The van der Waals surface area contributed by atoms with E-state index in [2.05, 4.69) is 20.4 Å². The fourth-order valence-corrected chi connectivity index (χ4v) is 4.40. The summed E-state index contributed by atoms with van der Waals surface area (Å²) in [6, 6.07) is 10.7. The van der Waals surface area contributed by atoms with Crippen molar-refractivity contribution in [3.63, 3.8) is 0 Å². The molecule has 0 radical (unpaired) electrons. The number of hydrogen-bond acceptors (Lipinski definition) is 5. The second-order valence-electron chi connectivity index (χ2n) is 7.14. The molecule has 1 aliphatic rings. The van der Waals surface area contributed by atoms with Crippen LogP contribution < -0.4 is 10.2 Å². The Morgan fingerprint density at radius 3 is 2.48 bits per heavy atom. The van der Waals surface area contributed by atoms with Gasteiger partial charge >= 0.3 is 0 Å². The Morgan fingerprint density at radius 2 is 1.81 bits per heavy atom. The highest BCUT2D eigenvalue weighted by Crippen LogP contribution is 2.32. The van der Waals surface area contributed by atoms with Crippen molar-refractivity contribution in [3.8, 4) is 5.69 Å². The average molecular weight is 464 g/mol. The lowest BCUT2D eigenvalue weighted by atomic mass is 10.3. The van der Waals surface area contributed by atoms with Crippen molar-refractivity contribution in [1.29, 1.82) is 0 Å². The number of carbonyl (C=O) groups is 1. The van der Waals surface area contributed by atoms with Crippen LogP contribution in [0.1, 0.15) is 19.8 Å². The molecule has 2 aromatic carbocycles. The van der Waals surface area contributed by atoms with Gasteiger partial charge in [-0.3, -0.25) is 9.36 Å². The van der Waals surface area contributed by atoms with Crippen molar-refractivity contribution in [2.75, 3.05) is 23.3 Å². The molecular formula is C21H20ClF2N5OS. The number of halogens is 3. The molecule has 1 aromatic heterocycles. The molecule has 1 saturated heterocycles. The van der Waals surface area contributed by atoms with Gasteiger partial charge in [0.25, 0.3) is 0 Å². The maximum Gasteiger partial charge on any atom is 0.237 e. The molecule has 1 unspecified atom stereocenters. The van der Waals surface area contributed by atoms with Crippen LogP contribution in [0.3, 0.4) is 0 Å². The van der Waals surface area contributed by atoms with E-state index in [1.165, 1.54) is 6.07 Å². The number of carbonyl (C=O) groups excluding carboxylic acids is 1. The third-order valence-electron chi connectivity index (χ3n) is 4.93. The van der Waals surface area contributed by atoms with Gasteiger partial charge in [-0.1, -0.05) is 35.5 Å². The summed E-state index contributed by atoms with van der Waals surface area (Å²) in [7, 11) is 0. The lowest BCUT2D eigenvalue weighted by molar-refractivity contribution is -0.115. The first kappa shape index (κ1) is 21.6. The Morgan fingerprint density at radius 1 is 1.13 bits per heavy atom. The standard InChI is InChI=1S/C21H20ClF2N5OS/c1-13(19(30)25-18-16(23)8-5-9-17(18)24)31-21-27-26-20(28-10-2-3-11-28)29(21)15-7-4-6-14(22)12-15/h4-9,12-13H,2-3,10-11H2,1H3,(H,25,30). The van der Waals surface area contributed by atoms with Gasteiger partial charge in [0, 0.05) is 18.1 Å². The fourth-order valence-electron chi connectivity index (χ4n) is 3.36. The van der Waals surface area contributed by atoms with Crippen LogP contribution in [-0.2, 0) is 4.79 Å². The molecule has 0 spiro atoms. The van der Waals surface area contributed by atoms with Gasteiger partial charge in [-0.2, -0.15) is 0 Å². The van der Waals surface area contributed by atoms with Crippen LogP contribution in [-0.4, -0.2) is 39.0 Å². The van der Waals surface area contributed by atoms with Crippen LogP contribution in [0.2, 0.25) is 5.02 Å². The van der Waals surface area contributed by atoms with Crippen molar-refractivity contribution in [3.05, 3.63) is 59.1 Å². The zero-order valence-corrected chi connectivity index (χ0v) is 18.3. The highest BCUT2D eigenvalue weighted by Gasteiger charge is 2.26. The molecule has 6 nitrogen and oxygen atoms in total. The zero-order chi connectivity index (χ0) is 22.0. The Bertz CT molecular complexity index is 1080. The molecule has 1 atom stereocenters. The summed E-state index contributed by atoms with van der Waals surface area (Å²) in [5.74, 6) is -1.53. The molecule has 0 bridgehead atoms. The lowest BCUT2D eigenvalue weighted by Crippen LogP contribution is -2.24. The van der Waals surface area contributed by atoms with Gasteiger partial charge in [0.15, 0.2) is 5.16 Å². The molecule has 1 fully saturated rings. The fraction of sp³-hybridized carbons (Fsp3) is 0.286. The highest BCUT2D eigenvalue weighted by atomic mass is 35.5. The number of benzene rings is 2. The molecule has 31 heavy (non-hydrogen) atoms. The van der Waals surface area contributed by atoms with Crippen LogP contribution in [0, 0.1) is 11.6 Å². The number of thioether (sulfide) groups is 1. The maximum atomic E-state index is 13.9. The summed E-state index contributed by atoms with van der Waals surface area (Å²) < 4.78 is 29.6. The van der Waals surface area contributed by atoms with E-state index >= 15 is 0 Å². The van der Waals surface area contributed by atoms with Crippen LogP contribution in [0.25, 0.3) is 5.69 Å². The summed E-state index contributed by atoms with van der Waals surface area (Å²) in [4.78, 5) is 14.8. The van der Waals surface area contributed by atoms with Crippen molar-refractivity contribution >= 4 is 40.9 Å². The Kier molecular flexibility index (Phi) is 6.43. The minimum Gasteiger partial charge on any atom is -0.341 e. The molecule has 10 heteroatoms. The quantitative estimate of drug-likeness (QED) is 0.526. The third-order valence-corrected chi connectivity index (χ3v) is 6.21. The zero-order valence-electron chi connectivity index (χ0n) is 16.7. The Balaban J connectivity index is 1.61. The molecule has 2 heterocycles. The number of anilines is 2. The van der Waals surface area contributed by atoms with Crippen molar-refractivity contribution in [2.45, 2.75) is 30.2 Å². The maximum absolute atomic E-state index is 13.9. The second kappa shape index (κ2) is 9.23. The average Bonchev–Trinajstić information content (AvgIpc) is 3.40. The third kappa shape index (κ3) is 4.67. The van der Waals surface area contributed by atoms with Gasteiger partial charge in [-0.05, 0) is 50.1 Å². The van der Waals surface area contributed by atoms with Gasteiger partial charge < -0.3 is 10.2 Å². The van der Waals surface area contributed by atoms with E-state index in [0.717, 1.165) is 55.5 Å². The molecule has 0 saturated carbocycles. The molecule has 1 aliphatic heterocycles. The lowest BCUT2D eigenvalue weighted by Gasteiger charge is -2.19. The van der Waals surface area contributed by atoms with Crippen molar-refractivity contribution in [1.82, 2.24) is 14.8 Å². The molecule has 1 amide bonds. The smallest absolute Gasteiger partial charge is 0.237 e. The minimum absolute atomic E-state index is 0.464. The van der Waals surface area contributed by atoms with Gasteiger partial charge in [-0.15, -0.1) is 10.2 Å². The summed E-state index contributed by atoms with van der Waals surface area (Å²) in [5.41, 5.74) is 0.309. The van der Waals surface area contributed by atoms with Crippen molar-refractivity contribution in [2.24, 2.45) is 0 Å². The van der Waals surface area contributed by atoms with Crippen LogP contribution in [0.5, 0.6) is 0 Å². The second-order valence-corrected chi connectivity index (χ2v) is 8.88. The first-order valence-corrected chi connectivity index (χ1v) is 11.1. The van der Waals surface area contributed by atoms with E-state index in [1.54, 1.807) is 19.1 Å². The molecule has 162 valence electrons. The molecule has 1 N–H and O–H groups in total. The number of nitrogens with zero attached hydrogens (tertiary/aromatic N) is 4. The van der Waals surface area contributed by atoms with Gasteiger partial charge in [0.05, 0.1) is 10.9 Å². The summed E-state index contributed by atoms with van der Waals surface area (Å²) >= 11 is 7.34. The molecule has 3 aromatic rings. The predicted octanol–water partition coefficient (Wildman–Crippen LogP) is 4.92. The topological polar surface area (TPSA) is 63.1 Å². The van der Waals surface area contributed by atoms with Gasteiger partial charge in [-0.25, -0.2) is 8.78 Å². The van der Waals surface area contributed by atoms with Gasteiger partial charge in [0.1, 0.15) is 17.3 Å². The number of amides is 1. The Labute approximate surface area is 187 Å². The number of aromatic nitrogens is 3. The number of para-hydroxylation sites is 1. The Hall–Kier alpha value is -2.65. The first-order chi connectivity index (χ1) is 14.9. The van der Waals surface area contributed by atoms with Crippen molar-refractivity contribution < 1.29 is 13.6 Å². The minimum atomic E-state index is -0.830. The normalized spacial score (nSPS) is 14.6.